The number of carbonyl (C=O) groups excluding carboxylic acids is 1. The molecular weight excluding hydrogens is 376 g/mol. The van der Waals surface area contributed by atoms with Crippen molar-refractivity contribution in [2.24, 2.45) is 5.92 Å². The largest absolute Gasteiger partial charge is 0.394 e. The van der Waals surface area contributed by atoms with Gasteiger partial charge in [-0.15, -0.1) is 0 Å². The van der Waals surface area contributed by atoms with Gasteiger partial charge in [0.15, 0.2) is 0 Å². The number of amides is 1. The Bertz CT molecular complexity index is 939. The van der Waals surface area contributed by atoms with E-state index in [1.165, 1.54) is 12.1 Å². The van der Waals surface area contributed by atoms with Gasteiger partial charge < -0.3 is 10.4 Å². The summed E-state index contributed by atoms with van der Waals surface area (Å²) < 4.78 is 27.4. The molecule has 3 N–H and O–H groups in total. The summed E-state index contributed by atoms with van der Waals surface area (Å²) in [6.07, 6.45) is 2.60. The van der Waals surface area contributed by atoms with E-state index in [2.05, 4.69) is 10.0 Å². The standard InChI is InChI=1S/C21H26N2O4S/c1-15-5-2-3-6-17(15)11-19(14-24)23-21(25)18-7-4-8-20(12-18)28(26,27)22-13-16-9-10-16/h2-8,12,16,19,22,24H,9-11,13-14H2,1H3,(H,23,25). The molecule has 1 atom stereocenters. The van der Waals surface area contributed by atoms with Gasteiger partial charge in [-0.2, -0.15) is 0 Å². The topological polar surface area (TPSA) is 95.5 Å². The molecule has 6 nitrogen and oxygen atoms in total. The number of aryl methyl sites for hydroxylation is 1. The van der Waals surface area contributed by atoms with E-state index in [1.54, 1.807) is 12.1 Å². The molecule has 2 aromatic rings. The van der Waals surface area contributed by atoms with Crippen molar-refractivity contribution in [2.75, 3.05) is 13.2 Å². The maximum atomic E-state index is 12.6. The van der Waals surface area contributed by atoms with Crippen LogP contribution in [-0.4, -0.2) is 38.6 Å². The molecule has 1 saturated carbocycles. The van der Waals surface area contributed by atoms with Crippen LogP contribution in [0.2, 0.25) is 0 Å². The Hall–Kier alpha value is -2.22. The van der Waals surface area contributed by atoms with Crippen molar-refractivity contribution < 1.29 is 18.3 Å². The second-order valence-electron chi connectivity index (χ2n) is 7.31. The van der Waals surface area contributed by atoms with Crippen LogP contribution in [0, 0.1) is 12.8 Å². The molecule has 0 saturated heterocycles. The maximum Gasteiger partial charge on any atom is 0.251 e. The van der Waals surface area contributed by atoms with Crippen LogP contribution in [0.5, 0.6) is 0 Å². The second kappa shape index (κ2) is 8.86. The summed E-state index contributed by atoms with van der Waals surface area (Å²) in [7, 11) is -3.64. The van der Waals surface area contributed by atoms with Crippen molar-refractivity contribution >= 4 is 15.9 Å². The lowest BCUT2D eigenvalue weighted by Crippen LogP contribution is -2.39. The van der Waals surface area contributed by atoms with Gasteiger partial charge in [0.2, 0.25) is 10.0 Å². The predicted molar refractivity (Wildman–Crippen MR) is 108 cm³/mol. The Morgan fingerprint density at radius 1 is 1.18 bits per heavy atom. The molecule has 0 heterocycles. The number of aliphatic hydroxyl groups is 1. The third kappa shape index (κ3) is 5.41. The maximum absolute atomic E-state index is 12.6. The van der Waals surface area contributed by atoms with E-state index in [-0.39, 0.29) is 17.1 Å². The van der Waals surface area contributed by atoms with Crippen molar-refractivity contribution in [2.45, 2.75) is 37.1 Å². The molecule has 2 aromatic carbocycles. The summed E-state index contributed by atoms with van der Waals surface area (Å²) in [6, 6.07) is 13.3. The first kappa shape index (κ1) is 20.5. The minimum Gasteiger partial charge on any atom is -0.394 e. The molecule has 0 aromatic heterocycles. The Labute approximate surface area is 166 Å². The molecule has 0 aliphatic heterocycles. The van der Waals surface area contributed by atoms with Crippen molar-refractivity contribution in [3.05, 3.63) is 65.2 Å². The zero-order valence-electron chi connectivity index (χ0n) is 15.9. The fraction of sp³-hybridized carbons (Fsp3) is 0.381. The third-order valence-electron chi connectivity index (χ3n) is 4.95. The number of aliphatic hydroxyl groups excluding tert-OH is 1. The molecule has 28 heavy (non-hydrogen) atoms. The van der Waals surface area contributed by atoms with Crippen LogP contribution >= 0.6 is 0 Å². The third-order valence-corrected chi connectivity index (χ3v) is 6.37. The number of sulfonamides is 1. The van der Waals surface area contributed by atoms with Crippen LogP contribution in [0.3, 0.4) is 0 Å². The lowest BCUT2D eigenvalue weighted by Gasteiger charge is -2.18. The predicted octanol–water partition coefficient (Wildman–Crippen LogP) is 2.02. The highest BCUT2D eigenvalue weighted by molar-refractivity contribution is 7.89. The van der Waals surface area contributed by atoms with Gasteiger partial charge >= 0.3 is 0 Å². The normalized spacial score (nSPS) is 15.2. The Morgan fingerprint density at radius 2 is 1.93 bits per heavy atom. The van der Waals surface area contributed by atoms with Crippen LogP contribution in [0.4, 0.5) is 0 Å². The summed E-state index contributed by atoms with van der Waals surface area (Å²) in [6.45, 7) is 2.21. The zero-order valence-corrected chi connectivity index (χ0v) is 16.7. The van der Waals surface area contributed by atoms with Gasteiger partial charge in [0.25, 0.3) is 5.91 Å². The van der Waals surface area contributed by atoms with Crippen LogP contribution < -0.4 is 10.0 Å². The number of hydrogen-bond acceptors (Lipinski definition) is 4. The molecule has 0 spiro atoms. The van der Waals surface area contributed by atoms with E-state index in [1.807, 2.05) is 31.2 Å². The van der Waals surface area contributed by atoms with Gasteiger partial charge in [0.05, 0.1) is 17.5 Å². The summed E-state index contributed by atoms with van der Waals surface area (Å²) >= 11 is 0. The fourth-order valence-electron chi connectivity index (χ4n) is 2.97. The van der Waals surface area contributed by atoms with Gasteiger partial charge in [-0.25, -0.2) is 13.1 Å². The smallest absolute Gasteiger partial charge is 0.251 e. The summed E-state index contributed by atoms with van der Waals surface area (Å²) in [4.78, 5) is 12.7. The number of rotatable bonds is 9. The Morgan fingerprint density at radius 3 is 2.61 bits per heavy atom. The van der Waals surface area contributed by atoms with E-state index < -0.39 is 22.0 Å². The molecule has 7 heteroatoms. The van der Waals surface area contributed by atoms with Crippen molar-refractivity contribution in [1.29, 1.82) is 0 Å². The van der Waals surface area contributed by atoms with Crippen LogP contribution in [0.25, 0.3) is 0 Å². The van der Waals surface area contributed by atoms with E-state index >= 15 is 0 Å². The Kier molecular flexibility index (Phi) is 6.49. The number of benzene rings is 2. The fourth-order valence-corrected chi connectivity index (χ4v) is 4.13. The van der Waals surface area contributed by atoms with Gasteiger partial charge in [-0.1, -0.05) is 30.3 Å². The quantitative estimate of drug-likeness (QED) is 0.598. The van der Waals surface area contributed by atoms with E-state index in [4.69, 9.17) is 0 Å². The molecule has 3 rings (SSSR count). The summed E-state index contributed by atoms with van der Waals surface area (Å²) in [5.74, 6) is 0.0138. The molecule has 1 amide bonds. The molecule has 0 bridgehead atoms. The molecule has 1 unspecified atom stereocenters. The number of nitrogens with one attached hydrogen (secondary N) is 2. The lowest BCUT2D eigenvalue weighted by atomic mass is 10.0. The van der Waals surface area contributed by atoms with Gasteiger partial charge in [-0.05, 0) is 61.4 Å². The molecule has 150 valence electrons. The molecular formula is C21H26N2O4S. The van der Waals surface area contributed by atoms with E-state index in [0.29, 0.717) is 18.9 Å². The number of hydrogen-bond donors (Lipinski definition) is 3. The molecule has 1 aliphatic rings. The molecule has 1 fully saturated rings. The van der Waals surface area contributed by atoms with Crippen LogP contribution in [-0.2, 0) is 16.4 Å². The summed E-state index contributed by atoms with van der Waals surface area (Å²) in [5.41, 5.74) is 2.38. The first-order valence-electron chi connectivity index (χ1n) is 9.45. The van der Waals surface area contributed by atoms with Gasteiger partial charge in [0, 0.05) is 12.1 Å². The lowest BCUT2D eigenvalue weighted by molar-refractivity contribution is 0.0916. The Balaban J connectivity index is 1.68. The minimum atomic E-state index is -3.64. The highest BCUT2D eigenvalue weighted by Crippen LogP contribution is 2.28. The van der Waals surface area contributed by atoms with Gasteiger partial charge in [-0.3, -0.25) is 4.79 Å². The van der Waals surface area contributed by atoms with Crippen LogP contribution in [0.1, 0.15) is 34.3 Å². The van der Waals surface area contributed by atoms with Crippen LogP contribution in [0.15, 0.2) is 53.4 Å². The number of carbonyl (C=O) groups is 1. The first-order chi connectivity index (χ1) is 13.4. The molecule has 1 aliphatic carbocycles. The van der Waals surface area contributed by atoms with E-state index in [9.17, 15) is 18.3 Å². The summed E-state index contributed by atoms with van der Waals surface area (Å²) in [5, 5.41) is 12.5. The monoisotopic (exact) mass is 402 g/mol. The first-order valence-corrected chi connectivity index (χ1v) is 10.9. The van der Waals surface area contributed by atoms with Crippen molar-refractivity contribution in [3.63, 3.8) is 0 Å². The van der Waals surface area contributed by atoms with Gasteiger partial charge in [0.1, 0.15) is 0 Å². The van der Waals surface area contributed by atoms with Crippen molar-refractivity contribution in [3.8, 4) is 0 Å². The van der Waals surface area contributed by atoms with E-state index in [0.717, 1.165) is 24.0 Å². The average Bonchev–Trinajstić information content (AvgIpc) is 3.52. The molecule has 0 radical (unpaired) electrons. The zero-order chi connectivity index (χ0) is 20.1. The van der Waals surface area contributed by atoms with Crippen molar-refractivity contribution in [1.82, 2.24) is 10.0 Å². The average molecular weight is 403 g/mol. The minimum absolute atomic E-state index is 0.0697. The SMILES string of the molecule is Cc1ccccc1CC(CO)NC(=O)c1cccc(S(=O)(=O)NCC2CC2)c1. The highest BCUT2D eigenvalue weighted by Gasteiger charge is 2.25. The second-order valence-corrected chi connectivity index (χ2v) is 9.07. The highest BCUT2D eigenvalue weighted by atomic mass is 32.2.